The van der Waals surface area contributed by atoms with Gasteiger partial charge in [-0.05, 0) is 19.8 Å². The van der Waals surface area contributed by atoms with Crippen LogP contribution in [0.5, 0.6) is 0 Å². The fraction of sp³-hybridized carbons (Fsp3) is 1.00. The maximum absolute atomic E-state index is 5.81. The van der Waals surface area contributed by atoms with Gasteiger partial charge in [-0.2, -0.15) is 0 Å². The minimum atomic E-state index is 0.416. The van der Waals surface area contributed by atoms with E-state index in [1.54, 1.807) is 0 Å². The van der Waals surface area contributed by atoms with Crippen LogP contribution in [0.1, 0.15) is 19.8 Å². The van der Waals surface area contributed by atoms with Crippen molar-refractivity contribution in [3.8, 4) is 0 Å². The zero-order valence-electron chi connectivity index (χ0n) is 6.98. The van der Waals surface area contributed by atoms with Crippen LogP contribution in [0.15, 0.2) is 0 Å². The Morgan fingerprint density at radius 2 is 2.27 bits per heavy atom. The fourth-order valence-electron chi connectivity index (χ4n) is 1.19. The minimum absolute atomic E-state index is 0.416. The Morgan fingerprint density at radius 1 is 1.55 bits per heavy atom. The summed E-state index contributed by atoms with van der Waals surface area (Å²) in [6.45, 7) is 4.60. The molecule has 1 saturated carbocycles. The summed E-state index contributed by atoms with van der Waals surface area (Å²) in [5, 5.41) is 3.79. The molecule has 11 heavy (non-hydrogen) atoms. The second kappa shape index (κ2) is 4.96. The standard InChI is InChI=1S/C8H16ClNO/c1-2-11-4-3-10-8-5-7(9)6-8/h7-8,10H,2-6H2,1H3. The van der Waals surface area contributed by atoms with Gasteiger partial charge in [0.25, 0.3) is 0 Å². The SMILES string of the molecule is CCOCCNC1CC(Cl)C1. The molecule has 0 aliphatic heterocycles. The van der Waals surface area contributed by atoms with E-state index in [4.69, 9.17) is 16.3 Å². The van der Waals surface area contributed by atoms with Gasteiger partial charge in [0, 0.05) is 24.6 Å². The number of ether oxygens (including phenoxy) is 1. The first-order valence-corrected chi connectivity index (χ1v) is 4.71. The van der Waals surface area contributed by atoms with Crippen LogP contribution in [-0.4, -0.2) is 31.2 Å². The first-order chi connectivity index (χ1) is 5.33. The monoisotopic (exact) mass is 177 g/mol. The highest BCUT2D eigenvalue weighted by molar-refractivity contribution is 6.21. The van der Waals surface area contributed by atoms with Crippen LogP contribution >= 0.6 is 11.6 Å². The van der Waals surface area contributed by atoms with Gasteiger partial charge < -0.3 is 10.1 Å². The van der Waals surface area contributed by atoms with E-state index >= 15 is 0 Å². The lowest BCUT2D eigenvalue weighted by molar-refractivity contribution is 0.143. The van der Waals surface area contributed by atoms with E-state index in [1.165, 1.54) is 0 Å². The highest BCUT2D eigenvalue weighted by Crippen LogP contribution is 2.24. The molecule has 1 aliphatic rings. The van der Waals surface area contributed by atoms with E-state index in [1.807, 2.05) is 6.92 Å². The van der Waals surface area contributed by atoms with E-state index in [2.05, 4.69) is 5.32 Å². The summed E-state index contributed by atoms with van der Waals surface area (Å²) in [6, 6.07) is 0.651. The van der Waals surface area contributed by atoms with Crippen molar-refractivity contribution >= 4 is 11.6 Å². The number of rotatable bonds is 5. The van der Waals surface area contributed by atoms with Crippen LogP contribution in [-0.2, 0) is 4.74 Å². The van der Waals surface area contributed by atoms with Crippen molar-refractivity contribution in [3.63, 3.8) is 0 Å². The number of alkyl halides is 1. The van der Waals surface area contributed by atoms with Crippen LogP contribution in [0.2, 0.25) is 0 Å². The smallest absolute Gasteiger partial charge is 0.0590 e. The van der Waals surface area contributed by atoms with Gasteiger partial charge in [-0.1, -0.05) is 0 Å². The molecule has 0 unspecified atom stereocenters. The second-order valence-corrected chi connectivity index (χ2v) is 3.53. The molecule has 0 aromatic carbocycles. The zero-order chi connectivity index (χ0) is 8.10. The lowest BCUT2D eigenvalue weighted by Gasteiger charge is -2.31. The summed E-state index contributed by atoms with van der Waals surface area (Å²) in [5.41, 5.74) is 0. The Hall–Kier alpha value is 0.210. The van der Waals surface area contributed by atoms with Crippen LogP contribution in [0.25, 0.3) is 0 Å². The van der Waals surface area contributed by atoms with E-state index in [9.17, 15) is 0 Å². The number of halogens is 1. The van der Waals surface area contributed by atoms with E-state index < -0.39 is 0 Å². The molecular formula is C8H16ClNO. The van der Waals surface area contributed by atoms with Crippen molar-refractivity contribution in [2.45, 2.75) is 31.2 Å². The predicted molar refractivity (Wildman–Crippen MR) is 47.2 cm³/mol. The minimum Gasteiger partial charge on any atom is -0.380 e. The average Bonchev–Trinajstić information content (AvgIpc) is 1.94. The molecule has 1 aliphatic carbocycles. The predicted octanol–water partition coefficient (Wildman–Crippen LogP) is 1.38. The molecule has 0 bridgehead atoms. The second-order valence-electron chi connectivity index (χ2n) is 2.92. The van der Waals surface area contributed by atoms with Crippen LogP contribution in [0.3, 0.4) is 0 Å². The molecule has 0 heterocycles. The lowest BCUT2D eigenvalue weighted by Crippen LogP contribution is -2.43. The van der Waals surface area contributed by atoms with E-state index in [0.717, 1.165) is 32.6 Å². The van der Waals surface area contributed by atoms with Gasteiger partial charge in [-0.3, -0.25) is 0 Å². The Morgan fingerprint density at radius 3 is 2.82 bits per heavy atom. The number of hydrogen-bond acceptors (Lipinski definition) is 2. The molecule has 1 rings (SSSR count). The largest absolute Gasteiger partial charge is 0.380 e. The Balaban J connectivity index is 1.81. The third-order valence-corrected chi connectivity index (χ3v) is 2.32. The number of hydrogen-bond donors (Lipinski definition) is 1. The quantitative estimate of drug-likeness (QED) is 0.506. The fourth-order valence-corrected chi connectivity index (χ4v) is 1.62. The molecule has 0 radical (unpaired) electrons. The average molecular weight is 178 g/mol. The highest BCUT2D eigenvalue weighted by atomic mass is 35.5. The Bertz CT molecular complexity index is 104. The van der Waals surface area contributed by atoms with Gasteiger partial charge in [-0.25, -0.2) is 0 Å². The van der Waals surface area contributed by atoms with Crippen LogP contribution in [0.4, 0.5) is 0 Å². The molecular weight excluding hydrogens is 162 g/mol. The molecule has 1 fully saturated rings. The molecule has 0 spiro atoms. The van der Waals surface area contributed by atoms with Crippen molar-refractivity contribution in [1.29, 1.82) is 0 Å². The topological polar surface area (TPSA) is 21.3 Å². The summed E-state index contributed by atoms with van der Waals surface area (Å²) in [7, 11) is 0. The van der Waals surface area contributed by atoms with Crippen molar-refractivity contribution < 1.29 is 4.74 Å². The Kier molecular flexibility index (Phi) is 4.20. The third-order valence-electron chi connectivity index (χ3n) is 1.96. The molecule has 0 aromatic heterocycles. The van der Waals surface area contributed by atoms with Gasteiger partial charge in [0.1, 0.15) is 0 Å². The third kappa shape index (κ3) is 3.41. The maximum atomic E-state index is 5.81. The molecule has 66 valence electrons. The molecule has 2 nitrogen and oxygen atoms in total. The summed E-state index contributed by atoms with van der Waals surface area (Å²) in [6.07, 6.45) is 2.24. The molecule has 0 saturated heterocycles. The van der Waals surface area contributed by atoms with Gasteiger partial charge in [0.2, 0.25) is 0 Å². The summed E-state index contributed by atoms with van der Waals surface area (Å²) in [4.78, 5) is 0. The highest BCUT2D eigenvalue weighted by Gasteiger charge is 2.25. The maximum Gasteiger partial charge on any atom is 0.0590 e. The first-order valence-electron chi connectivity index (χ1n) is 4.28. The molecule has 0 aromatic rings. The first kappa shape index (κ1) is 9.30. The normalized spacial score (nSPS) is 30.0. The van der Waals surface area contributed by atoms with Crippen molar-refractivity contribution in [3.05, 3.63) is 0 Å². The summed E-state index contributed by atoms with van der Waals surface area (Å²) in [5.74, 6) is 0. The van der Waals surface area contributed by atoms with Gasteiger partial charge in [0.05, 0.1) is 6.61 Å². The van der Waals surface area contributed by atoms with E-state index in [-0.39, 0.29) is 0 Å². The van der Waals surface area contributed by atoms with Crippen LogP contribution in [0, 0.1) is 0 Å². The van der Waals surface area contributed by atoms with Crippen molar-refractivity contribution in [1.82, 2.24) is 5.32 Å². The lowest BCUT2D eigenvalue weighted by atomic mass is 9.92. The van der Waals surface area contributed by atoms with Crippen molar-refractivity contribution in [2.24, 2.45) is 0 Å². The van der Waals surface area contributed by atoms with Gasteiger partial charge >= 0.3 is 0 Å². The van der Waals surface area contributed by atoms with Gasteiger partial charge in [0.15, 0.2) is 0 Å². The van der Waals surface area contributed by atoms with Gasteiger partial charge in [-0.15, -0.1) is 11.6 Å². The molecule has 0 atom stereocenters. The molecule has 1 N–H and O–H groups in total. The molecule has 3 heteroatoms. The zero-order valence-corrected chi connectivity index (χ0v) is 7.73. The summed E-state index contributed by atoms with van der Waals surface area (Å²) < 4.78 is 5.18. The molecule has 0 amide bonds. The van der Waals surface area contributed by atoms with Crippen molar-refractivity contribution in [2.75, 3.05) is 19.8 Å². The summed E-state index contributed by atoms with van der Waals surface area (Å²) >= 11 is 5.81. The van der Waals surface area contributed by atoms with Crippen LogP contribution < -0.4 is 5.32 Å². The van der Waals surface area contributed by atoms with E-state index in [0.29, 0.717) is 11.4 Å². The number of nitrogens with one attached hydrogen (secondary N) is 1. The Labute approximate surface area is 73.3 Å².